The van der Waals surface area contributed by atoms with Crippen molar-refractivity contribution < 1.29 is 9.59 Å². The second-order valence-corrected chi connectivity index (χ2v) is 9.45. The molecule has 0 aromatic heterocycles. The van der Waals surface area contributed by atoms with Crippen molar-refractivity contribution in [1.29, 1.82) is 0 Å². The number of nitrogens with zero attached hydrogens (tertiary/aromatic N) is 1. The average Bonchev–Trinajstić information content (AvgIpc) is 2.89. The average molecular weight is 431 g/mol. The number of nitrogens with one attached hydrogen (secondary N) is 1. The third-order valence-electron chi connectivity index (χ3n) is 4.19. The van der Waals surface area contributed by atoms with Crippen molar-refractivity contribution in [1.82, 2.24) is 10.4 Å². The second-order valence-electron chi connectivity index (χ2n) is 7.34. The van der Waals surface area contributed by atoms with E-state index < -0.39 is 5.91 Å². The highest BCUT2D eigenvalue weighted by Gasteiger charge is 2.33. The molecule has 7 heteroatoms. The minimum Gasteiger partial charge on any atom is -0.267 e. The molecule has 2 aromatic carbocycles. The van der Waals surface area contributed by atoms with E-state index in [2.05, 4.69) is 38.3 Å². The number of amides is 2. The van der Waals surface area contributed by atoms with Crippen LogP contribution in [0.5, 0.6) is 0 Å². The number of carbonyl (C=O) groups is 2. The van der Waals surface area contributed by atoms with E-state index in [4.69, 9.17) is 23.8 Å². The molecule has 4 nitrogen and oxygen atoms in total. The first-order valence-corrected chi connectivity index (χ1v) is 10.2. The van der Waals surface area contributed by atoms with Gasteiger partial charge in [-0.25, -0.2) is 0 Å². The Morgan fingerprint density at radius 1 is 1.11 bits per heavy atom. The monoisotopic (exact) mass is 430 g/mol. The predicted molar refractivity (Wildman–Crippen MR) is 119 cm³/mol. The van der Waals surface area contributed by atoms with Crippen molar-refractivity contribution in [2.24, 2.45) is 0 Å². The van der Waals surface area contributed by atoms with Crippen molar-refractivity contribution in [3.05, 3.63) is 75.1 Å². The standard InChI is InChI=1S/C21H19ClN2O2S2/c1-21(2,3)15-8-4-13(5-9-15)12-17-19(26)24(20(27)28-17)23-18(25)14-6-10-16(22)11-7-14/h4-12H,1-3H3,(H,23,25)/b17-12+. The van der Waals surface area contributed by atoms with Gasteiger partial charge in [0.2, 0.25) is 0 Å². The topological polar surface area (TPSA) is 49.4 Å². The molecule has 0 spiro atoms. The maximum absolute atomic E-state index is 12.7. The van der Waals surface area contributed by atoms with E-state index in [-0.39, 0.29) is 15.6 Å². The minimum atomic E-state index is -0.427. The molecule has 1 aliphatic heterocycles. The van der Waals surface area contributed by atoms with Crippen molar-refractivity contribution in [3.8, 4) is 0 Å². The molecule has 28 heavy (non-hydrogen) atoms. The third kappa shape index (κ3) is 4.63. The molecular formula is C21H19ClN2O2S2. The molecule has 2 aromatic rings. The van der Waals surface area contributed by atoms with Gasteiger partial charge in [-0.1, -0.05) is 68.4 Å². The van der Waals surface area contributed by atoms with Gasteiger partial charge in [0.25, 0.3) is 11.8 Å². The number of carbonyl (C=O) groups excluding carboxylic acids is 2. The number of thioether (sulfide) groups is 1. The SMILES string of the molecule is CC(C)(C)c1ccc(/C=C2/SC(=S)N(NC(=O)c3ccc(Cl)cc3)C2=O)cc1. The van der Waals surface area contributed by atoms with Crippen LogP contribution in [-0.4, -0.2) is 21.1 Å². The van der Waals surface area contributed by atoms with Gasteiger partial charge in [-0.2, -0.15) is 5.01 Å². The molecule has 1 aliphatic rings. The van der Waals surface area contributed by atoms with Gasteiger partial charge in [-0.3, -0.25) is 15.0 Å². The fourth-order valence-electron chi connectivity index (χ4n) is 2.56. The van der Waals surface area contributed by atoms with Crippen molar-refractivity contribution in [2.45, 2.75) is 26.2 Å². The number of hydrogen-bond donors (Lipinski definition) is 1. The van der Waals surface area contributed by atoms with Gasteiger partial charge in [0.1, 0.15) is 0 Å². The molecule has 3 rings (SSSR count). The lowest BCUT2D eigenvalue weighted by molar-refractivity contribution is -0.123. The first-order valence-electron chi connectivity index (χ1n) is 8.60. The molecule has 144 valence electrons. The summed E-state index contributed by atoms with van der Waals surface area (Å²) in [5.74, 6) is -0.777. The Bertz CT molecular complexity index is 961. The molecule has 1 saturated heterocycles. The van der Waals surface area contributed by atoms with Crippen LogP contribution in [-0.2, 0) is 10.2 Å². The molecule has 1 fully saturated rings. The Balaban J connectivity index is 1.75. The normalized spacial score (nSPS) is 16.0. The van der Waals surface area contributed by atoms with Crippen LogP contribution in [0.4, 0.5) is 0 Å². The number of hydrogen-bond acceptors (Lipinski definition) is 4. The Morgan fingerprint density at radius 3 is 2.29 bits per heavy atom. The number of benzene rings is 2. The van der Waals surface area contributed by atoms with Gasteiger partial charge in [-0.15, -0.1) is 0 Å². The van der Waals surface area contributed by atoms with Gasteiger partial charge >= 0.3 is 0 Å². The summed E-state index contributed by atoms with van der Waals surface area (Å²) in [6.07, 6.45) is 1.78. The summed E-state index contributed by atoms with van der Waals surface area (Å²) < 4.78 is 0.282. The van der Waals surface area contributed by atoms with Crippen LogP contribution in [0.15, 0.2) is 53.4 Å². The fourth-order valence-corrected chi connectivity index (χ4v) is 3.87. The molecule has 1 N–H and O–H groups in total. The third-order valence-corrected chi connectivity index (χ3v) is 5.74. The van der Waals surface area contributed by atoms with Crippen molar-refractivity contribution in [3.63, 3.8) is 0 Å². The van der Waals surface area contributed by atoms with E-state index in [9.17, 15) is 9.59 Å². The summed E-state index contributed by atoms with van der Waals surface area (Å²) in [6, 6.07) is 14.4. The lowest BCUT2D eigenvalue weighted by Crippen LogP contribution is -2.44. The van der Waals surface area contributed by atoms with E-state index >= 15 is 0 Å². The molecule has 0 radical (unpaired) electrons. The number of hydrazine groups is 1. The summed E-state index contributed by atoms with van der Waals surface area (Å²) in [5, 5.41) is 1.63. The zero-order chi connectivity index (χ0) is 20.5. The molecule has 0 unspecified atom stereocenters. The Kier molecular flexibility index (Phi) is 5.93. The zero-order valence-corrected chi connectivity index (χ0v) is 18.0. The number of rotatable bonds is 3. The molecule has 0 bridgehead atoms. The van der Waals surface area contributed by atoms with Crippen LogP contribution < -0.4 is 5.43 Å². The lowest BCUT2D eigenvalue weighted by atomic mass is 9.87. The highest BCUT2D eigenvalue weighted by Crippen LogP contribution is 2.32. The maximum Gasteiger partial charge on any atom is 0.285 e. The van der Waals surface area contributed by atoms with Gasteiger partial charge < -0.3 is 0 Å². The van der Waals surface area contributed by atoms with E-state index in [1.165, 1.54) is 5.56 Å². The first kappa shape index (κ1) is 20.6. The zero-order valence-electron chi connectivity index (χ0n) is 15.7. The highest BCUT2D eigenvalue weighted by atomic mass is 35.5. The summed E-state index contributed by atoms with van der Waals surface area (Å²) in [7, 11) is 0. The number of halogens is 1. The molecule has 0 atom stereocenters. The van der Waals surface area contributed by atoms with E-state index in [1.54, 1.807) is 30.3 Å². The van der Waals surface area contributed by atoms with Gasteiger partial charge in [0, 0.05) is 10.6 Å². The maximum atomic E-state index is 12.7. The van der Waals surface area contributed by atoms with Gasteiger partial charge in [0.15, 0.2) is 4.32 Å². The van der Waals surface area contributed by atoms with E-state index in [0.29, 0.717) is 15.5 Å². The predicted octanol–water partition coefficient (Wildman–Crippen LogP) is 5.18. The quantitative estimate of drug-likeness (QED) is 0.538. The van der Waals surface area contributed by atoms with Crippen molar-refractivity contribution in [2.75, 3.05) is 0 Å². The van der Waals surface area contributed by atoms with Crippen LogP contribution in [0, 0.1) is 0 Å². The molecule has 0 saturated carbocycles. The minimum absolute atomic E-state index is 0.0634. The van der Waals surface area contributed by atoms with Crippen LogP contribution in [0.25, 0.3) is 6.08 Å². The summed E-state index contributed by atoms with van der Waals surface area (Å²) >= 11 is 12.3. The van der Waals surface area contributed by atoms with Crippen LogP contribution in [0.2, 0.25) is 5.02 Å². The smallest absolute Gasteiger partial charge is 0.267 e. The van der Waals surface area contributed by atoms with E-state index in [0.717, 1.165) is 22.3 Å². The molecule has 0 aliphatic carbocycles. The van der Waals surface area contributed by atoms with Crippen LogP contribution in [0.1, 0.15) is 42.3 Å². The van der Waals surface area contributed by atoms with Crippen molar-refractivity contribution >= 4 is 57.8 Å². The summed E-state index contributed by atoms with van der Waals surface area (Å²) in [4.78, 5) is 25.5. The van der Waals surface area contributed by atoms with Crippen LogP contribution in [0.3, 0.4) is 0 Å². The summed E-state index contributed by atoms with van der Waals surface area (Å²) in [6.45, 7) is 6.45. The van der Waals surface area contributed by atoms with Gasteiger partial charge in [0.05, 0.1) is 4.91 Å². The Labute approximate surface area is 178 Å². The van der Waals surface area contributed by atoms with Gasteiger partial charge in [-0.05, 0) is 59.1 Å². The fraction of sp³-hybridized carbons (Fsp3) is 0.190. The Hall–Kier alpha value is -2.15. The highest BCUT2D eigenvalue weighted by molar-refractivity contribution is 8.26. The van der Waals surface area contributed by atoms with E-state index in [1.807, 2.05) is 12.1 Å². The second kappa shape index (κ2) is 8.07. The summed E-state index contributed by atoms with van der Waals surface area (Å²) in [5.41, 5.74) is 5.13. The molecule has 1 heterocycles. The first-order chi connectivity index (χ1) is 13.1. The molecular weight excluding hydrogens is 412 g/mol. The van der Waals surface area contributed by atoms with Crippen LogP contribution >= 0.6 is 35.6 Å². The largest absolute Gasteiger partial charge is 0.285 e. The Morgan fingerprint density at radius 2 is 1.71 bits per heavy atom. The molecule has 2 amide bonds. The number of thiocarbonyl (C=S) groups is 1. The lowest BCUT2D eigenvalue weighted by Gasteiger charge is -2.18.